The molecule has 1 rings (SSSR count). The van der Waals surface area contributed by atoms with Gasteiger partial charge in [0.1, 0.15) is 0 Å². The Morgan fingerprint density at radius 3 is 2.83 bits per heavy atom. The van der Waals surface area contributed by atoms with Crippen LogP contribution >= 0.6 is 23.2 Å². The van der Waals surface area contributed by atoms with Gasteiger partial charge in [-0.2, -0.15) is 5.10 Å². The Kier molecular flexibility index (Phi) is 6.76. The van der Waals surface area contributed by atoms with Gasteiger partial charge in [0.05, 0.1) is 11.2 Å². The van der Waals surface area contributed by atoms with Crippen molar-refractivity contribution < 1.29 is 4.79 Å². The normalized spacial score (nSPS) is 10.8. The lowest BCUT2D eigenvalue weighted by molar-refractivity contribution is -0.121. The Hall–Kier alpha value is -1.06. The molecule has 1 aromatic rings. The fourth-order valence-electron chi connectivity index (χ4n) is 1.37. The largest absolute Gasteiger partial charge is 0.273 e. The Balaban J connectivity index is 2.42. The van der Waals surface area contributed by atoms with Gasteiger partial charge in [0.15, 0.2) is 0 Å². The van der Waals surface area contributed by atoms with Gasteiger partial charge in [-0.25, -0.2) is 5.43 Å². The lowest BCUT2D eigenvalue weighted by Gasteiger charge is -2.00. The highest BCUT2D eigenvalue weighted by molar-refractivity contribution is 6.36. The van der Waals surface area contributed by atoms with E-state index in [-0.39, 0.29) is 5.91 Å². The predicted molar refractivity (Wildman–Crippen MR) is 76.3 cm³/mol. The molecule has 0 bridgehead atoms. The fraction of sp³-hybridized carbons (Fsp3) is 0.385. The van der Waals surface area contributed by atoms with Crippen LogP contribution in [0.15, 0.2) is 23.3 Å². The third kappa shape index (κ3) is 5.52. The molecule has 1 aromatic carbocycles. The van der Waals surface area contributed by atoms with E-state index in [1.165, 1.54) is 6.21 Å². The number of amides is 1. The quantitative estimate of drug-likeness (QED) is 0.479. The maximum atomic E-state index is 11.4. The molecule has 98 valence electrons. The molecule has 3 nitrogen and oxygen atoms in total. The number of carbonyl (C=O) groups excluding carboxylic acids is 1. The van der Waals surface area contributed by atoms with E-state index in [0.29, 0.717) is 16.5 Å². The van der Waals surface area contributed by atoms with Crippen LogP contribution in [0, 0.1) is 0 Å². The summed E-state index contributed by atoms with van der Waals surface area (Å²) in [7, 11) is 0. The van der Waals surface area contributed by atoms with Crippen LogP contribution in [0.4, 0.5) is 0 Å². The van der Waals surface area contributed by atoms with Crippen molar-refractivity contribution in [1.82, 2.24) is 5.43 Å². The molecule has 0 atom stereocenters. The summed E-state index contributed by atoms with van der Waals surface area (Å²) in [6.07, 6.45) is 5.05. The zero-order valence-corrected chi connectivity index (χ0v) is 11.8. The number of halogens is 2. The number of hydrogen-bond donors (Lipinski definition) is 1. The summed E-state index contributed by atoms with van der Waals surface area (Å²) in [6.45, 7) is 2.10. The molecule has 1 N–H and O–H groups in total. The number of hydrogen-bond acceptors (Lipinski definition) is 2. The summed E-state index contributed by atoms with van der Waals surface area (Å²) < 4.78 is 0. The molecule has 0 saturated carbocycles. The van der Waals surface area contributed by atoms with E-state index in [9.17, 15) is 4.79 Å². The average molecular weight is 287 g/mol. The highest BCUT2D eigenvalue weighted by Crippen LogP contribution is 2.19. The zero-order valence-electron chi connectivity index (χ0n) is 10.2. The summed E-state index contributed by atoms with van der Waals surface area (Å²) >= 11 is 11.7. The van der Waals surface area contributed by atoms with Gasteiger partial charge in [-0.15, -0.1) is 0 Å². The Bertz CT molecular complexity index is 433. The summed E-state index contributed by atoms with van der Waals surface area (Å²) in [6, 6.07) is 5.10. The molecule has 0 fully saturated rings. The number of nitrogens with one attached hydrogen (secondary N) is 1. The van der Waals surface area contributed by atoms with Crippen LogP contribution in [-0.2, 0) is 4.79 Å². The molecule has 0 unspecified atom stereocenters. The van der Waals surface area contributed by atoms with Gasteiger partial charge in [-0.05, 0) is 18.6 Å². The molecular formula is C13H16Cl2N2O. The number of benzene rings is 1. The monoisotopic (exact) mass is 286 g/mol. The minimum absolute atomic E-state index is 0.0789. The maximum absolute atomic E-state index is 11.4. The van der Waals surface area contributed by atoms with Crippen LogP contribution < -0.4 is 5.43 Å². The third-order valence-corrected chi connectivity index (χ3v) is 2.93. The topological polar surface area (TPSA) is 41.5 Å². The van der Waals surface area contributed by atoms with Crippen molar-refractivity contribution in [1.29, 1.82) is 0 Å². The number of unbranched alkanes of at least 4 members (excludes halogenated alkanes) is 2. The SMILES string of the molecule is CCCCCC(=O)NN=Cc1ccc(Cl)cc1Cl. The van der Waals surface area contributed by atoms with Gasteiger partial charge in [-0.1, -0.05) is 49.0 Å². The van der Waals surface area contributed by atoms with Gasteiger partial charge in [0, 0.05) is 17.0 Å². The van der Waals surface area contributed by atoms with Gasteiger partial charge >= 0.3 is 0 Å². The Morgan fingerprint density at radius 1 is 1.39 bits per heavy atom. The van der Waals surface area contributed by atoms with Crippen molar-refractivity contribution in [3.63, 3.8) is 0 Å². The van der Waals surface area contributed by atoms with Gasteiger partial charge in [0.25, 0.3) is 0 Å². The second kappa shape index (κ2) is 8.11. The van der Waals surface area contributed by atoms with Crippen molar-refractivity contribution in [3.8, 4) is 0 Å². The van der Waals surface area contributed by atoms with E-state index in [4.69, 9.17) is 23.2 Å². The molecule has 0 saturated heterocycles. The van der Waals surface area contributed by atoms with Gasteiger partial charge in [-0.3, -0.25) is 4.79 Å². The van der Waals surface area contributed by atoms with Crippen LogP contribution in [0.2, 0.25) is 10.0 Å². The van der Waals surface area contributed by atoms with E-state index in [1.54, 1.807) is 18.2 Å². The standard InChI is InChI=1S/C13H16Cl2N2O/c1-2-3-4-5-13(18)17-16-9-10-6-7-11(14)8-12(10)15/h6-9H,2-5H2,1H3,(H,17,18). The third-order valence-electron chi connectivity index (χ3n) is 2.36. The van der Waals surface area contributed by atoms with Crippen molar-refractivity contribution in [2.45, 2.75) is 32.6 Å². The molecule has 18 heavy (non-hydrogen) atoms. The van der Waals surface area contributed by atoms with Crippen molar-refractivity contribution in [2.24, 2.45) is 5.10 Å². The first kappa shape index (κ1) is 15.0. The van der Waals surface area contributed by atoms with E-state index < -0.39 is 0 Å². The first-order valence-corrected chi connectivity index (χ1v) is 6.66. The molecule has 5 heteroatoms. The summed E-state index contributed by atoms with van der Waals surface area (Å²) in [5.74, 6) is -0.0789. The molecule has 0 aromatic heterocycles. The number of hydrazone groups is 1. The van der Waals surface area contributed by atoms with Crippen LogP contribution in [0.5, 0.6) is 0 Å². The number of rotatable bonds is 6. The predicted octanol–water partition coefficient (Wildman–Crippen LogP) is 4.02. The minimum Gasteiger partial charge on any atom is -0.273 e. The van der Waals surface area contributed by atoms with Crippen LogP contribution in [0.25, 0.3) is 0 Å². The maximum Gasteiger partial charge on any atom is 0.240 e. The second-order valence-electron chi connectivity index (χ2n) is 3.92. The van der Waals surface area contributed by atoms with Gasteiger partial charge in [0.2, 0.25) is 5.91 Å². The van der Waals surface area contributed by atoms with Crippen LogP contribution in [0.1, 0.15) is 38.2 Å². The van der Waals surface area contributed by atoms with Crippen molar-refractivity contribution in [3.05, 3.63) is 33.8 Å². The molecule has 0 aliphatic carbocycles. The molecular weight excluding hydrogens is 271 g/mol. The van der Waals surface area contributed by atoms with Crippen molar-refractivity contribution >= 4 is 35.3 Å². The highest BCUT2D eigenvalue weighted by atomic mass is 35.5. The molecule has 0 aliphatic heterocycles. The first-order chi connectivity index (χ1) is 8.63. The minimum atomic E-state index is -0.0789. The molecule has 0 heterocycles. The average Bonchev–Trinajstić information content (AvgIpc) is 2.32. The van der Waals surface area contributed by atoms with Crippen LogP contribution in [0.3, 0.4) is 0 Å². The highest BCUT2D eigenvalue weighted by Gasteiger charge is 2.00. The summed E-state index contributed by atoms with van der Waals surface area (Å²) in [4.78, 5) is 11.4. The van der Waals surface area contributed by atoms with E-state index in [1.807, 2.05) is 0 Å². The Labute approximate surface area is 117 Å². The van der Waals surface area contributed by atoms with E-state index in [2.05, 4.69) is 17.5 Å². The summed E-state index contributed by atoms with van der Waals surface area (Å²) in [5, 5.41) is 4.93. The molecule has 1 amide bonds. The fourth-order valence-corrected chi connectivity index (χ4v) is 1.83. The lowest BCUT2D eigenvalue weighted by Crippen LogP contribution is -2.16. The molecule has 0 spiro atoms. The van der Waals surface area contributed by atoms with Gasteiger partial charge < -0.3 is 0 Å². The van der Waals surface area contributed by atoms with Crippen LogP contribution in [-0.4, -0.2) is 12.1 Å². The number of nitrogens with zero attached hydrogens (tertiary/aromatic N) is 1. The smallest absolute Gasteiger partial charge is 0.240 e. The summed E-state index contributed by atoms with van der Waals surface area (Å²) in [5.41, 5.74) is 3.19. The zero-order chi connectivity index (χ0) is 13.4. The molecule has 0 aliphatic rings. The second-order valence-corrected chi connectivity index (χ2v) is 4.76. The molecule has 0 radical (unpaired) electrons. The van der Waals surface area contributed by atoms with Crippen molar-refractivity contribution in [2.75, 3.05) is 0 Å². The van der Waals surface area contributed by atoms with E-state index >= 15 is 0 Å². The Morgan fingerprint density at radius 2 is 2.17 bits per heavy atom. The number of carbonyl (C=O) groups is 1. The first-order valence-electron chi connectivity index (χ1n) is 5.90. The lowest BCUT2D eigenvalue weighted by atomic mass is 10.2. The van der Waals surface area contributed by atoms with E-state index in [0.717, 1.165) is 24.8 Å².